The molecule has 1 unspecified atom stereocenters. The van der Waals surface area contributed by atoms with E-state index < -0.39 is 22.0 Å². The van der Waals surface area contributed by atoms with Crippen LogP contribution in [0, 0.1) is 0 Å². The van der Waals surface area contributed by atoms with E-state index in [0.29, 0.717) is 13.0 Å². The summed E-state index contributed by atoms with van der Waals surface area (Å²) in [4.78, 5) is 28.4. The van der Waals surface area contributed by atoms with Gasteiger partial charge >= 0.3 is 5.97 Å². The highest BCUT2D eigenvalue weighted by Gasteiger charge is 2.31. The van der Waals surface area contributed by atoms with Gasteiger partial charge in [-0.05, 0) is 31.4 Å². The van der Waals surface area contributed by atoms with E-state index >= 15 is 0 Å². The molecule has 0 aromatic carbocycles. The first-order valence-electron chi connectivity index (χ1n) is 7.34. The SMILES string of the molecule is O=C(O)C1CCCCN1C(=O)CCNS(=O)(=O)c1cccnc1. The van der Waals surface area contributed by atoms with Crippen molar-refractivity contribution in [3.63, 3.8) is 0 Å². The second-order valence-corrected chi connectivity index (χ2v) is 7.04. The summed E-state index contributed by atoms with van der Waals surface area (Å²) >= 11 is 0. The molecule has 1 aromatic rings. The van der Waals surface area contributed by atoms with Gasteiger partial charge in [-0.3, -0.25) is 9.78 Å². The minimum atomic E-state index is -3.72. The molecule has 9 heteroatoms. The summed E-state index contributed by atoms with van der Waals surface area (Å²) in [7, 11) is -3.72. The number of amides is 1. The van der Waals surface area contributed by atoms with E-state index in [9.17, 15) is 18.0 Å². The topological polar surface area (TPSA) is 117 Å². The lowest BCUT2D eigenvalue weighted by Gasteiger charge is -2.33. The molecule has 126 valence electrons. The molecule has 1 amide bonds. The zero-order chi connectivity index (χ0) is 16.9. The Hall–Kier alpha value is -2.00. The average Bonchev–Trinajstić information content (AvgIpc) is 2.55. The number of carboxylic acid groups (broad SMARTS) is 1. The number of pyridine rings is 1. The molecule has 2 rings (SSSR count). The van der Waals surface area contributed by atoms with Gasteiger partial charge in [-0.1, -0.05) is 0 Å². The Morgan fingerprint density at radius 1 is 1.39 bits per heavy atom. The van der Waals surface area contributed by atoms with Crippen molar-refractivity contribution in [1.82, 2.24) is 14.6 Å². The van der Waals surface area contributed by atoms with Gasteiger partial charge in [-0.15, -0.1) is 0 Å². The first-order valence-corrected chi connectivity index (χ1v) is 8.82. The minimum absolute atomic E-state index is 0.0221. The third kappa shape index (κ3) is 4.49. The summed E-state index contributed by atoms with van der Waals surface area (Å²) in [6.45, 7) is 0.310. The molecule has 2 N–H and O–H groups in total. The van der Waals surface area contributed by atoms with E-state index in [0.717, 1.165) is 12.8 Å². The Kier molecular flexibility index (Phi) is 5.67. The molecular formula is C14H19N3O5S. The molecule has 2 heterocycles. The Balaban J connectivity index is 1.90. The predicted molar refractivity (Wildman–Crippen MR) is 81.0 cm³/mol. The lowest BCUT2D eigenvalue weighted by molar-refractivity contribution is -0.152. The molecule has 0 aliphatic carbocycles. The van der Waals surface area contributed by atoms with Gasteiger partial charge in [-0.2, -0.15) is 0 Å². The number of likely N-dealkylation sites (tertiary alicyclic amines) is 1. The molecule has 23 heavy (non-hydrogen) atoms. The Labute approximate surface area is 134 Å². The van der Waals surface area contributed by atoms with E-state index in [1.807, 2.05) is 0 Å². The van der Waals surface area contributed by atoms with Crippen molar-refractivity contribution in [2.45, 2.75) is 36.6 Å². The van der Waals surface area contributed by atoms with Crippen molar-refractivity contribution in [3.05, 3.63) is 24.5 Å². The Bertz CT molecular complexity index is 662. The fourth-order valence-electron chi connectivity index (χ4n) is 2.51. The van der Waals surface area contributed by atoms with Crippen molar-refractivity contribution in [2.24, 2.45) is 0 Å². The molecule has 1 saturated heterocycles. The van der Waals surface area contributed by atoms with E-state index in [1.54, 1.807) is 0 Å². The number of hydrogen-bond donors (Lipinski definition) is 2. The second-order valence-electron chi connectivity index (χ2n) is 5.27. The number of nitrogens with zero attached hydrogens (tertiary/aromatic N) is 2. The number of rotatable bonds is 6. The monoisotopic (exact) mass is 341 g/mol. The summed E-state index contributed by atoms with van der Waals surface area (Å²) < 4.78 is 26.3. The van der Waals surface area contributed by atoms with Crippen LogP contribution in [0.1, 0.15) is 25.7 Å². The van der Waals surface area contributed by atoms with Crippen LogP contribution in [0.5, 0.6) is 0 Å². The molecule has 1 atom stereocenters. The maximum absolute atomic E-state index is 12.2. The summed E-state index contributed by atoms with van der Waals surface area (Å²) in [5.74, 6) is -1.38. The van der Waals surface area contributed by atoms with E-state index in [2.05, 4.69) is 9.71 Å². The van der Waals surface area contributed by atoms with Gasteiger partial charge in [0.15, 0.2) is 0 Å². The van der Waals surface area contributed by atoms with E-state index in [4.69, 9.17) is 5.11 Å². The smallest absolute Gasteiger partial charge is 0.326 e. The van der Waals surface area contributed by atoms with E-state index in [1.165, 1.54) is 29.4 Å². The highest BCUT2D eigenvalue weighted by Crippen LogP contribution is 2.18. The van der Waals surface area contributed by atoms with Gasteiger partial charge < -0.3 is 10.0 Å². The van der Waals surface area contributed by atoms with Crippen molar-refractivity contribution in [1.29, 1.82) is 0 Å². The molecule has 1 fully saturated rings. The summed E-state index contributed by atoms with van der Waals surface area (Å²) in [5, 5.41) is 9.15. The molecule has 0 saturated carbocycles. The van der Waals surface area contributed by atoms with Crippen molar-refractivity contribution >= 4 is 21.9 Å². The van der Waals surface area contributed by atoms with Gasteiger partial charge in [0.25, 0.3) is 0 Å². The molecule has 0 radical (unpaired) electrons. The quantitative estimate of drug-likeness (QED) is 0.764. The number of carbonyl (C=O) groups excluding carboxylic acids is 1. The zero-order valence-corrected chi connectivity index (χ0v) is 13.3. The standard InChI is InChI=1S/C14H19N3O5S/c18-13(17-9-2-1-5-12(17)14(19)20)6-8-16-23(21,22)11-4-3-7-15-10-11/h3-4,7,10,12,16H,1-2,5-6,8-9H2,(H,19,20). The third-order valence-electron chi connectivity index (χ3n) is 3.68. The van der Waals surface area contributed by atoms with Crippen molar-refractivity contribution < 1.29 is 23.1 Å². The molecule has 1 aliphatic rings. The average molecular weight is 341 g/mol. The maximum Gasteiger partial charge on any atom is 0.326 e. The van der Waals surface area contributed by atoms with Gasteiger partial charge in [-0.25, -0.2) is 17.9 Å². The Morgan fingerprint density at radius 2 is 2.17 bits per heavy atom. The van der Waals surface area contributed by atoms with E-state index in [-0.39, 0.29) is 23.8 Å². The molecule has 0 bridgehead atoms. The zero-order valence-electron chi connectivity index (χ0n) is 12.5. The third-order valence-corrected chi connectivity index (χ3v) is 5.13. The number of aromatic nitrogens is 1. The molecule has 1 aromatic heterocycles. The first kappa shape index (κ1) is 17.4. The number of sulfonamides is 1. The van der Waals surface area contributed by atoms with Crippen LogP contribution in [0.3, 0.4) is 0 Å². The first-order chi connectivity index (χ1) is 10.9. The number of hydrogen-bond acceptors (Lipinski definition) is 5. The van der Waals surface area contributed by atoms with Crippen LogP contribution in [-0.2, 0) is 19.6 Å². The highest BCUT2D eigenvalue weighted by atomic mass is 32.2. The molecular weight excluding hydrogens is 322 g/mol. The highest BCUT2D eigenvalue weighted by molar-refractivity contribution is 7.89. The summed E-state index contributed by atoms with van der Waals surface area (Å²) in [5.41, 5.74) is 0. The minimum Gasteiger partial charge on any atom is -0.480 e. The lowest BCUT2D eigenvalue weighted by Crippen LogP contribution is -2.48. The van der Waals surface area contributed by atoms with Crippen LogP contribution in [0.4, 0.5) is 0 Å². The van der Waals surface area contributed by atoms with Gasteiger partial charge in [0.2, 0.25) is 15.9 Å². The fourth-order valence-corrected chi connectivity index (χ4v) is 3.51. The van der Waals surface area contributed by atoms with Gasteiger partial charge in [0.05, 0.1) is 0 Å². The molecule has 0 spiro atoms. The summed E-state index contributed by atoms with van der Waals surface area (Å²) in [6.07, 6.45) is 4.57. The lowest BCUT2D eigenvalue weighted by atomic mass is 10.0. The largest absolute Gasteiger partial charge is 0.480 e. The number of piperidine rings is 1. The normalized spacial score (nSPS) is 18.6. The second kappa shape index (κ2) is 7.51. The molecule has 8 nitrogen and oxygen atoms in total. The number of nitrogens with one attached hydrogen (secondary N) is 1. The number of aliphatic carboxylic acids is 1. The van der Waals surface area contributed by atoms with Crippen LogP contribution in [0.2, 0.25) is 0 Å². The van der Waals surface area contributed by atoms with Crippen LogP contribution in [0.15, 0.2) is 29.4 Å². The number of carbonyl (C=O) groups is 2. The van der Waals surface area contributed by atoms with Crippen LogP contribution in [-0.4, -0.2) is 54.4 Å². The van der Waals surface area contributed by atoms with Crippen molar-refractivity contribution in [3.8, 4) is 0 Å². The fraction of sp³-hybridized carbons (Fsp3) is 0.500. The van der Waals surface area contributed by atoms with Gasteiger partial charge in [0.1, 0.15) is 10.9 Å². The van der Waals surface area contributed by atoms with Crippen LogP contribution < -0.4 is 4.72 Å². The van der Waals surface area contributed by atoms with Crippen LogP contribution in [0.25, 0.3) is 0 Å². The maximum atomic E-state index is 12.2. The Morgan fingerprint density at radius 3 is 2.83 bits per heavy atom. The predicted octanol–water partition coefficient (Wildman–Crippen LogP) is 0.216. The van der Waals surface area contributed by atoms with Crippen molar-refractivity contribution in [2.75, 3.05) is 13.1 Å². The summed E-state index contributed by atoms with van der Waals surface area (Å²) in [6, 6.07) is 2.10. The molecule has 1 aliphatic heterocycles. The number of carboxylic acids is 1. The van der Waals surface area contributed by atoms with Gasteiger partial charge in [0, 0.05) is 31.9 Å². The van der Waals surface area contributed by atoms with Crippen LogP contribution >= 0.6 is 0 Å².